The lowest BCUT2D eigenvalue weighted by molar-refractivity contribution is -0.128. The van der Waals surface area contributed by atoms with Gasteiger partial charge in [0.1, 0.15) is 5.75 Å². The van der Waals surface area contributed by atoms with Gasteiger partial charge in [-0.15, -0.1) is 0 Å². The van der Waals surface area contributed by atoms with Crippen molar-refractivity contribution in [2.24, 2.45) is 0 Å². The lowest BCUT2D eigenvalue weighted by Gasteiger charge is -2.28. The number of nitrogens with one attached hydrogen (secondary N) is 1. The van der Waals surface area contributed by atoms with Crippen LogP contribution in [-0.4, -0.2) is 31.2 Å². The second-order valence-corrected chi connectivity index (χ2v) is 4.26. The summed E-state index contributed by atoms with van der Waals surface area (Å²) in [5.41, 5.74) is 1.31. The predicted molar refractivity (Wildman–Crippen MR) is 72.4 cm³/mol. The number of hydrogen-bond acceptors (Lipinski definition) is 5. The van der Waals surface area contributed by atoms with E-state index in [1.165, 1.54) is 4.90 Å². The lowest BCUT2D eigenvalue weighted by Crippen LogP contribution is -2.43. The highest BCUT2D eigenvalue weighted by atomic mass is 32.1. The predicted octanol–water partition coefficient (Wildman–Crippen LogP) is 1.30. The van der Waals surface area contributed by atoms with Crippen LogP contribution in [0, 0.1) is 0 Å². The summed E-state index contributed by atoms with van der Waals surface area (Å²) in [6, 6.07) is 5.30. The molecule has 0 spiro atoms. The van der Waals surface area contributed by atoms with Gasteiger partial charge in [-0.25, -0.2) is 4.90 Å². The highest BCUT2D eigenvalue weighted by Crippen LogP contribution is 2.34. The van der Waals surface area contributed by atoms with E-state index in [-0.39, 0.29) is 24.8 Å². The molecule has 6 heteroatoms. The molecule has 0 radical (unpaired) electrons. The molecule has 0 fully saturated rings. The molecule has 0 unspecified atom stereocenters. The first-order valence-electron chi connectivity index (χ1n) is 5.58. The van der Waals surface area contributed by atoms with Gasteiger partial charge in [0.15, 0.2) is 6.61 Å². The summed E-state index contributed by atoms with van der Waals surface area (Å²) >= 11 is 4.02. The van der Waals surface area contributed by atoms with Crippen molar-refractivity contribution in [1.29, 1.82) is 0 Å². The zero-order valence-electron chi connectivity index (χ0n) is 9.97. The van der Waals surface area contributed by atoms with Crippen LogP contribution in [0.15, 0.2) is 18.2 Å². The number of carbonyl (C=O) groups is 2. The average molecular weight is 266 g/mol. The molecule has 2 amide bonds. The van der Waals surface area contributed by atoms with Gasteiger partial charge in [-0.3, -0.25) is 9.59 Å². The number of nitrogens with zero attached hydrogens (tertiary/aromatic N) is 1. The fraction of sp³-hybridized carbons (Fsp3) is 0.333. The van der Waals surface area contributed by atoms with Gasteiger partial charge in [0, 0.05) is 19.2 Å². The molecule has 1 aliphatic rings. The first-order chi connectivity index (χ1) is 8.67. The topological polar surface area (TPSA) is 58.6 Å². The van der Waals surface area contributed by atoms with Gasteiger partial charge >= 0.3 is 0 Å². The van der Waals surface area contributed by atoms with Gasteiger partial charge < -0.3 is 10.1 Å². The summed E-state index contributed by atoms with van der Waals surface area (Å²) in [7, 11) is 1.77. The molecule has 0 saturated heterocycles. The number of amides is 2. The third-order valence-electron chi connectivity index (χ3n) is 2.66. The minimum atomic E-state index is -0.345. The maximum absolute atomic E-state index is 12.0. The SMILES string of the molecule is CNc1ccc2c(c1)N(C(=O)CCS)C(=O)CO2. The number of benzene rings is 1. The quantitative estimate of drug-likeness (QED) is 0.810. The van der Waals surface area contributed by atoms with Crippen molar-refractivity contribution in [3.05, 3.63) is 18.2 Å². The number of imide groups is 1. The van der Waals surface area contributed by atoms with Crippen LogP contribution in [0.4, 0.5) is 11.4 Å². The van der Waals surface area contributed by atoms with Gasteiger partial charge in [0.25, 0.3) is 5.91 Å². The van der Waals surface area contributed by atoms with Crippen molar-refractivity contribution >= 4 is 35.8 Å². The maximum atomic E-state index is 12.0. The second kappa shape index (κ2) is 5.30. The van der Waals surface area contributed by atoms with Gasteiger partial charge in [-0.1, -0.05) is 0 Å². The number of thiol groups is 1. The Balaban J connectivity index is 2.42. The molecule has 0 aromatic heterocycles. The molecule has 1 heterocycles. The van der Waals surface area contributed by atoms with E-state index in [4.69, 9.17) is 4.74 Å². The van der Waals surface area contributed by atoms with Crippen LogP contribution in [0.3, 0.4) is 0 Å². The number of rotatable bonds is 3. The minimum absolute atomic E-state index is 0.107. The molecule has 0 bridgehead atoms. The van der Waals surface area contributed by atoms with E-state index in [0.29, 0.717) is 17.2 Å². The number of ether oxygens (including phenoxy) is 1. The van der Waals surface area contributed by atoms with Gasteiger partial charge in [-0.2, -0.15) is 12.6 Å². The fourth-order valence-electron chi connectivity index (χ4n) is 1.79. The lowest BCUT2D eigenvalue weighted by atomic mass is 10.2. The Morgan fingerprint density at radius 3 is 3.00 bits per heavy atom. The molecule has 0 atom stereocenters. The smallest absolute Gasteiger partial charge is 0.271 e. The van der Waals surface area contributed by atoms with Crippen molar-refractivity contribution in [3.63, 3.8) is 0 Å². The molecule has 1 aromatic rings. The minimum Gasteiger partial charge on any atom is -0.482 e. The molecule has 1 aliphatic heterocycles. The Morgan fingerprint density at radius 2 is 2.33 bits per heavy atom. The molecule has 96 valence electrons. The Kier molecular flexibility index (Phi) is 3.76. The van der Waals surface area contributed by atoms with E-state index in [9.17, 15) is 9.59 Å². The van der Waals surface area contributed by atoms with E-state index in [1.807, 2.05) is 6.07 Å². The van der Waals surface area contributed by atoms with E-state index in [1.54, 1.807) is 19.2 Å². The molecule has 18 heavy (non-hydrogen) atoms. The van der Waals surface area contributed by atoms with Crippen LogP contribution in [0.5, 0.6) is 5.75 Å². The number of carbonyl (C=O) groups excluding carboxylic acids is 2. The van der Waals surface area contributed by atoms with E-state index < -0.39 is 0 Å². The molecule has 5 nitrogen and oxygen atoms in total. The molecule has 1 aromatic carbocycles. The summed E-state index contributed by atoms with van der Waals surface area (Å²) in [6.45, 7) is -0.107. The summed E-state index contributed by atoms with van der Waals surface area (Å²) in [5, 5.41) is 2.96. The van der Waals surface area contributed by atoms with Crippen molar-refractivity contribution in [1.82, 2.24) is 0 Å². The highest BCUT2D eigenvalue weighted by molar-refractivity contribution is 7.80. The summed E-state index contributed by atoms with van der Waals surface area (Å²) in [6.07, 6.45) is 0.220. The zero-order chi connectivity index (χ0) is 13.1. The van der Waals surface area contributed by atoms with E-state index in [2.05, 4.69) is 17.9 Å². The Hall–Kier alpha value is -1.69. The zero-order valence-corrected chi connectivity index (χ0v) is 10.9. The normalized spacial score (nSPS) is 13.9. The molecular weight excluding hydrogens is 252 g/mol. The van der Waals surface area contributed by atoms with Crippen LogP contribution in [0.2, 0.25) is 0 Å². The Bertz CT molecular complexity index is 490. The standard InChI is InChI=1S/C12H14N2O3S/c1-13-8-2-3-10-9(6-8)14(11(15)4-5-18)12(16)7-17-10/h2-3,6,13,18H,4-5,7H2,1H3. The second-order valence-electron chi connectivity index (χ2n) is 3.82. The first-order valence-corrected chi connectivity index (χ1v) is 6.22. The van der Waals surface area contributed by atoms with Crippen LogP contribution < -0.4 is 15.0 Å². The highest BCUT2D eigenvalue weighted by Gasteiger charge is 2.30. The van der Waals surface area contributed by atoms with Crippen LogP contribution in [0.25, 0.3) is 0 Å². The monoisotopic (exact) mass is 266 g/mol. The fourth-order valence-corrected chi connectivity index (χ4v) is 1.98. The third-order valence-corrected chi connectivity index (χ3v) is 2.89. The molecule has 1 N–H and O–H groups in total. The summed E-state index contributed by atoms with van der Waals surface area (Å²) in [4.78, 5) is 24.9. The molecule has 0 aliphatic carbocycles. The van der Waals surface area contributed by atoms with Crippen LogP contribution in [0.1, 0.15) is 6.42 Å². The molecular formula is C12H14N2O3S. The van der Waals surface area contributed by atoms with Crippen molar-refractivity contribution in [2.45, 2.75) is 6.42 Å². The van der Waals surface area contributed by atoms with E-state index >= 15 is 0 Å². The van der Waals surface area contributed by atoms with Gasteiger partial charge in [0.05, 0.1) is 5.69 Å². The average Bonchev–Trinajstić information content (AvgIpc) is 2.38. The summed E-state index contributed by atoms with van der Waals surface area (Å²) in [5.74, 6) is 0.348. The third kappa shape index (κ3) is 2.28. The Labute approximate surface area is 111 Å². The first kappa shape index (κ1) is 12.8. The maximum Gasteiger partial charge on any atom is 0.271 e. The van der Waals surface area contributed by atoms with Crippen molar-refractivity contribution in [3.8, 4) is 5.75 Å². The molecule has 2 rings (SSSR count). The van der Waals surface area contributed by atoms with Gasteiger partial charge in [0.2, 0.25) is 5.91 Å². The number of fused-ring (bicyclic) bond motifs is 1. The molecule has 0 saturated carbocycles. The largest absolute Gasteiger partial charge is 0.482 e. The van der Waals surface area contributed by atoms with Crippen molar-refractivity contribution < 1.29 is 14.3 Å². The van der Waals surface area contributed by atoms with Crippen LogP contribution >= 0.6 is 12.6 Å². The number of hydrogen-bond donors (Lipinski definition) is 2. The van der Waals surface area contributed by atoms with Crippen molar-refractivity contribution in [2.75, 3.05) is 29.6 Å². The van der Waals surface area contributed by atoms with Gasteiger partial charge in [-0.05, 0) is 24.0 Å². The van der Waals surface area contributed by atoms with Crippen LogP contribution in [-0.2, 0) is 9.59 Å². The number of anilines is 2. The van der Waals surface area contributed by atoms with E-state index in [0.717, 1.165) is 5.69 Å². The Morgan fingerprint density at radius 1 is 1.56 bits per heavy atom. The summed E-state index contributed by atoms with van der Waals surface area (Å²) < 4.78 is 5.30.